The van der Waals surface area contributed by atoms with Crippen molar-refractivity contribution in [3.63, 3.8) is 0 Å². The predicted octanol–water partition coefficient (Wildman–Crippen LogP) is 3.01. The molecule has 9 heteroatoms. The van der Waals surface area contributed by atoms with Crippen LogP contribution in [0.5, 0.6) is 17.4 Å². The van der Waals surface area contributed by atoms with E-state index < -0.39 is 22.0 Å². The fourth-order valence-corrected chi connectivity index (χ4v) is 2.43. The second-order valence-corrected chi connectivity index (χ2v) is 5.80. The number of nitrogens with one attached hydrogen (secondary N) is 1. The average Bonchev–Trinajstić information content (AvgIpc) is 2.70. The Labute approximate surface area is 165 Å². The van der Waals surface area contributed by atoms with Crippen LogP contribution in [0.4, 0.5) is 5.69 Å². The topological polar surface area (TPSA) is 128 Å². The van der Waals surface area contributed by atoms with Crippen molar-refractivity contribution >= 4 is 17.8 Å². The normalized spacial score (nSPS) is 10.8. The Morgan fingerprint density at radius 1 is 1.03 bits per heavy atom. The first-order valence-corrected chi connectivity index (χ1v) is 8.59. The number of aromatic amines is 1. The molecule has 0 saturated heterocycles. The average molecular weight is 395 g/mol. The van der Waals surface area contributed by atoms with Crippen molar-refractivity contribution in [3.05, 3.63) is 86.5 Å². The number of hydrogen-bond acceptors (Lipinski definition) is 7. The SMILES string of the molecule is O=c1[nH]c(/C=C\c2cccc(OCCOc3ccccc3)c2)nc(O)c1[N+](=O)[O-]. The van der Waals surface area contributed by atoms with Crippen molar-refractivity contribution in [1.82, 2.24) is 9.97 Å². The van der Waals surface area contributed by atoms with E-state index in [2.05, 4.69) is 9.97 Å². The zero-order chi connectivity index (χ0) is 20.6. The summed E-state index contributed by atoms with van der Waals surface area (Å²) >= 11 is 0. The Balaban J connectivity index is 1.61. The molecule has 0 aliphatic carbocycles. The third-order valence-corrected chi connectivity index (χ3v) is 3.73. The highest BCUT2D eigenvalue weighted by atomic mass is 16.6. The van der Waals surface area contributed by atoms with Crippen molar-refractivity contribution in [2.45, 2.75) is 0 Å². The van der Waals surface area contributed by atoms with Gasteiger partial charge < -0.3 is 19.6 Å². The quantitative estimate of drug-likeness (QED) is 0.341. The lowest BCUT2D eigenvalue weighted by molar-refractivity contribution is -0.387. The Bertz CT molecular complexity index is 1080. The molecule has 0 aliphatic rings. The third kappa shape index (κ3) is 5.42. The maximum absolute atomic E-state index is 11.7. The molecule has 0 aliphatic heterocycles. The summed E-state index contributed by atoms with van der Waals surface area (Å²) in [5.74, 6) is 0.437. The van der Waals surface area contributed by atoms with Gasteiger partial charge in [-0.1, -0.05) is 36.4 Å². The number of nitro groups is 1. The lowest BCUT2D eigenvalue weighted by Crippen LogP contribution is -2.14. The van der Waals surface area contributed by atoms with E-state index >= 15 is 0 Å². The van der Waals surface area contributed by atoms with E-state index in [9.17, 15) is 20.0 Å². The lowest BCUT2D eigenvalue weighted by Gasteiger charge is -2.08. The summed E-state index contributed by atoms with van der Waals surface area (Å²) in [7, 11) is 0. The molecular formula is C20H17N3O6. The van der Waals surface area contributed by atoms with Crippen LogP contribution in [-0.2, 0) is 0 Å². The van der Waals surface area contributed by atoms with Crippen LogP contribution in [0.2, 0.25) is 0 Å². The highest BCUT2D eigenvalue weighted by Gasteiger charge is 2.21. The minimum absolute atomic E-state index is 0.0133. The van der Waals surface area contributed by atoms with Gasteiger partial charge >= 0.3 is 11.2 Å². The minimum Gasteiger partial charge on any atom is -0.490 e. The zero-order valence-electron chi connectivity index (χ0n) is 15.1. The molecule has 9 nitrogen and oxygen atoms in total. The predicted molar refractivity (Wildman–Crippen MR) is 106 cm³/mol. The van der Waals surface area contributed by atoms with Gasteiger partial charge in [-0.15, -0.1) is 0 Å². The molecule has 29 heavy (non-hydrogen) atoms. The molecule has 0 atom stereocenters. The summed E-state index contributed by atoms with van der Waals surface area (Å²) < 4.78 is 11.2. The first-order valence-electron chi connectivity index (χ1n) is 8.59. The largest absolute Gasteiger partial charge is 0.490 e. The van der Waals surface area contributed by atoms with Crippen molar-refractivity contribution < 1.29 is 19.5 Å². The maximum atomic E-state index is 11.7. The smallest absolute Gasteiger partial charge is 0.395 e. The van der Waals surface area contributed by atoms with Crippen LogP contribution in [0, 0.1) is 10.1 Å². The fraction of sp³-hybridized carbons (Fsp3) is 0.100. The highest BCUT2D eigenvalue weighted by molar-refractivity contribution is 5.67. The first kappa shape index (κ1) is 19.6. The van der Waals surface area contributed by atoms with Crippen LogP contribution in [-0.4, -0.2) is 33.2 Å². The Hall–Kier alpha value is -4.14. The molecule has 3 rings (SSSR count). The second kappa shape index (κ2) is 9.18. The van der Waals surface area contributed by atoms with Gasteiger partial charge in [0.05, 0.1) is 4.92 Å². The monoisotopic (exact) mass is 395 g/mol. The van der Waals surface area contributed by atoms with E-state index in [1.54, 1.807) is 30.3 Å². The van der Waals surface area contributed by atoms with Gasteiger partial charge in [0, 0.05) is 0 Å². The number of aromatic nitrogens is 2. The van der Waals surface area contributed by atoms with Gasteiger partial charge in [-0.2, -0.15) is 4.98 Å². The molecule has 0 amide bonds. The van der Waals surface area contributed by atoms with Gasteiger partial charge in [0.1, 0.15) is 30.5 Å². The second-order valence-electron chi connectivity index (χ2n) is 5.80. The third-order valence-electron chi connectivity index (χ3n) is 3.73. The molecule has 2 aromatic carbocycles. The molecule has 2 N–H and O–H groups in total. The van der Waals surface area contributed by atoms with Crippen LogP contribution in [0.3, 0.4) is 0 Å². The molecular weight excluding hydrogens is 378 g/mol. The number of nitrogens with zero attached hydrogens (tertiary/aromatic N) is 2. The molecule has 0 bridgehead atoms. The number of benzene rings is 2. The van der Waals surface area contributed by atoms with E-state index in [-0.39, 0.29) is 5.82 Å². The Morgan fingerprint density at radius 3 is 2.41 bits per heavy atom. The molecule has 0 spiro atoms. The number of para-hydroxylation sites is 1. The molecule has 0 fully saturated rings. The fourth-order valence-electron chi connectivity index (χ4n) is 2.43. The summed E-state index contributed by atoms with van der Waals surface area (Å²) in [6.45, 7) is 0.741. The van der Waals surface area contributed by atoms with E-state index in [0.717, 1.165) is 11.3 Å². The summed E-state index contributed by atoms with van der Waals surface area (Å²) in [5.41, 5.74) is -1.28. The highest BCUT2D eigenvalue weighted by Crippen LogP contribution is 2.18. The van der Waals surface area contributed by atoms with Gasteiger partial charge in [-0.05, 0) is 35.9 Å². The van der Waals surface area contributed by atoms with E-state index in [0.29, 0.717) is 19.0 Å². The van der Waals surface area contributed by atoms with Gasteiger partial charge in [0.15, 0.2) is 0 Å². The zero-order valence-corrected chi connectivity index (χ0v) is 15.1. The number of ether oxygens (including phenoxy) is 2. The van der Waals surface area contributed by atoms with Gasteiger partial charge in [0.2, 0.25) is 0 Å². The van der Waals surface area contributed by atoms with Gasteiger partial charge in [-0.25, -0.2) is 0 Å². The number of rotatable bonds is 8. The standard InChI is InChI=1S/C20H17N3O6/c24-19-18(23(26)27)20(25)22-17(21-19)10-9-14-5-4-8-16(13-14)29-12-11-28-15-6-2-1-3-7-15/h1-10,13H,11-12H2,(H2,21,22,24,25)/b10-9-. The van der Waals surface area contributed by atoms with E-state index in [1.807, 2.05) is 30.3 Å². The summed E-state index contributed by atoms with van der Waals surface area (Å²) in [6, 6.07) is 16.5. The molecule has 0 saturated carbocycles. The molecule has 0 radical (unpaired) electrons. The van der Waals surface area contributed by atoms with Crippen molar-refractivity contribution in [3.8, 4) is 17.4 Å². The van der Waals surface area contributed by atoms with Gasteiger partial charge in [0.25, 0.3) is 5.88 Å². The van der Waals surface area contributed by atoms with Crippen LogP contribution >= 0.6 is 0 Å². The number of H-pyrrole nitrogens is 1. The van der Waals surface area contributed by atoms with Crippen LogP contribution in [0.1, 0.15) is 11.4 Å². The number of aromatic hydroxyl groups is 1. The van der Waals surface area contributed by atoms with Crippen LogP contribution < -0.4 is 15.0 Å². The Morgan fingerprint density at radius 2 is 1.72 bits per heavy atom. The molecule has 3 aromatic rings. The van der Waals surface area contributed by atoms with Crippen LogP contribution in [0.15, 0.2) is 59.4 Å². The van der Waals surface area contributed by atoms with Crippen molar-refractivity contribution in [2.75, 3.05) is 13.2 Å². The maximum Gasteiger partial charge on any atom is 0.395 e. The summed E-state index contributed by atoms with van der Waals surface area (Å²) in [5, 5.41) is 20.3. The summed E-state index contributed by atoms with van der Waals surface area (Å²) in [4.78, 5) is 27.2. The lowest BCUT2D eigenvalue weighted by atomic mass is 10.2. The van der Waals surface area contributed by atoms with E-state index in [4.69, 9.17) is 9.47 Å². The molecule has 1 aromatic heterocycles. The van der Waals surface area contributed by atoms with Crippen molar-refractivity contribution in [1.29, 1.82) is 0 Å². The van der Waals surface area contributed by atoms with E-state index in [1.165, 1.54) is 6.08 Å². The minimum atomic E-state index is -1.03. The number of hydrogen-bond donors (Lipinski definition) is 2. The summed E-state index contributed by atoms with van der Waals surface area (Å²) in [6.07, 6.45) is 3.04. The van der Waals surface area contributed by atoms with Gasteiger partial charge in [-0.3, -0.25) is 14.9 Å². The molecule has 148 valence electrons. The molecule has 1 heterocycles. The first-order chi connectivity index (χ1) is 14.0. The molecule has 0 unspecified atom stereocenters. The Kier molecular flexibility index (Phi) is 6.21. The van der Waals surface area contributed by atoms with Crippen molar-refractivity contribution in [2.24, 2.45) is 0 Å². The van der Waals surface area contributed by atoms with Crippen LogP contribution in [0.25, 0.3) is 12.2 Å².